The van der Waals surface area contributed by atoms with Crippen LogP contribution in [0.2, 0.25) is 0 Å². The van der Waals surface area contributed by atoms with E-state index in [1.54, 1.807) is 30.3 Å². The molecule has 4 nitrogen and oxygen atoms in total. The lowest BCUT2D eigenvalue weighted by molar-refractivity contribution is 0.0696. The first-order valence-corrected chi connectivity index (χ1v) is 7.33. The second kappa shape index (κ2) is 6.38. The molecule has 0 atom stereocenters. The third-order valence-electron chi connectivity index (χ3n) is 3.79. The van der Waals surface area contributed by atoms with Gasteiger partial charge in [0.05, 0.1) is 11.1 Å². The topological polar surface area (TPSA) is 74.6 Å². The molecule has 3 aromatic carbocycles. The van der Waals surface area contributed by atoms with E-state index in [0.29, 0.717) is 11.1 Å². The molecule has 2 N–H and O–H groups in total. The molecule has 0 bridgehead atoms. The van der Waals surface area contributed by atoms with E-state index in [0.717, 1.165) is 11.1 Å². The Morgan fingerprint density at radius 3 is 1.29 bits per heavy atom. The summed E-state index contributed by atoms with van der Waals surface area (Å²) >= 11 is 0. The van der Waals surface area contributed by atoms with Gasteiger partial charge in [0.25, 0.3) is 0 Å². The monoisotopic (exact) mass is 318 g/mol. The summed E-state index contributed by atoms with van der Waals surface area (Å²) in [6.07, 6.45) is 0. The third-order valence-corrected chi connectivity index (χ3v) is 3.79. The van der Waals surface area contributed by atoms with Crippen LogP contribution in [0.3, 0.4) is 0 Å². The van der Waals surface area contributed by atoms with E-state index < -0.39 is 11.9 Å². The standard InChI is InChI=1S/C20H14O4/c21-19(22)17-12-18(20(23)24)16(14-9-5-2-6-10-14)11-15(17)13-7-3-1-4-8-13/h1-12H,(H,21,22)(H,23,24). The molecular formula is C20H14O4. The lowest BCUT2D eigenvalue weighted by atomic mass is 9.90. The number of carboxylic acids is 2. The molecule has 0 amide bonds. The van der Waals surface area contributed by atoms with E-state index in [1.165, 1.54) is 6.07 Å². The Morgan fingerprint density at radius 2 is 0.958 bits per heavy atom. The van der Waals surface area contributed by atoms with Gasteiger partial charge < -0.3 is 10.2 Å². The van der Waals surface area contributed by atoms with Crippen molar-refractivity contribution in [3.8, 4) is 22.3 Å². The highest BCUT2D eigenvalue weighted by atomic mass is 16.4. The van der Waals surface area contributed by atoms with Gasteiger partial charge in [-0.05, 0) is 34.4 Å². The summed E-state index contributed by atoms with van der Waals surface area (Å²) in [5, 5.41) is 19.0. The SMILES string of the molecule is O=C(O)c1cc(C(=O)O)c(-c2ccccc2)cc1-c1ccccc1. The molecule has 0 aliphatic rings. The Balaban J connectivity index is 2.33. The van der Waals surface area contributed by atoms with Crippen LogP contribution < -0.4 is 0 Å². The minimum atomic E-state index is -1.16. The van der Waals surface area contributed by atoms with Crippen LogP contribution in [0, 0.1) is 0 Å². The number of carboxylic acid groups (broad SMARTS) is 2. The van der Waals surface area contributed by atoms with Gasteiger partial charge in [0.1, 0.15) is 0 Å². The Bertz CT molecular complexity index is 827. The van der Waals surface area contributed by atoms with E-state index in [-0.39, 0.29) is 11.1 Å². The molecule has 118 valence electrons. The maximum absolute atomic E-state index is 11.6. The summed E-state index contributed by atoms with van der Waals surface area (Å²) < 4.78 is 0. The van der Waals surface area contributed by atoms with Crippen molar-refractivity contribution in [3.05, 3.63) is 83.9 Å². The quantitative estimate of drug-likeness (QED) is 0.747. The zero-order chi connectivity index (χ0) is 17.1. The highest BCUT2D eigenvalue weighted by Crippen LogP contribution is 2.33. The minimum Gasteiger partial charge on any atom is -0.478 e. The summed E-state index contributed by atoms with van der Waals surface area (Å²) in [6, 6.07) is 21.0. The van der Waals surface area contributed by atoms with Crippen LogP contribution in [0.4, 0.5) is 0 Å². The molecule has 0 saturated carbocycles. The molecule has 0 aromatic heterocycles. The molecular weight excluding hydrogens is 304 g/mol. The molecule has 4 heteroatoms. The zero-order valence-corrected chi connectivity index (χ0v) is 12.6. The van der Waals surface area contributed by atoms with E-state index in [2.05, 4.69) is 0 Å². The molecule has 3 rings (SSSR count). The second-order valence-corrected chi connectivity index (χ2v) is 5.29. The molecule has 24 heavy (non-hydrogen) atoms. The van der Waals surface area contributed by atoms with Crippen molar-refractivity contribution >= 4 is 11.9 Å². The van der Waals surface area contributed by atoms with Gasteiger partial charge in [0.15, 0.2) is 0 Å². The van der Waals surface area contributed by atoms with Gasteiger partial charge in [-0.1, -0.05) is 60.7 Å². The third kappa shape index (κ3) is 2.90. The number of rotatable bonds is 4. The second-order valence-electron chi connectivity index (χ2n) is 5.29. The van der Waals surface area contributed by atoms with Crippen LogP contribution in [-0.4, -0.2) is 22.2 Å². The Morgan fingerprint density at radius 1 is 0.583 bits per heavy atom. The molecule has 0 fully saturated rings. The average molecular weight is 318 g/mol. The number of hydrogen-bond acceptors (Lipinski definition) is 2. The predicted molar refractivity (Wildman–Crippen MR) is 91.2 cm³/mol. The van der Waals surface area contributed by atoms with Crippen LogP contribution in [-0.2, 0) is 0 Å². The average Bonchev–Trinajstić information content (AvgIpc) is 2.62. The van der Waals surface area contributed by atoms with Crippen molar-refractivity contribution in [1.82, 2.24) is 0 Å². The first-order chi connectivity index (χ1) is 11.6. The predicted octanol–water partition coefficient (Wildman–Crippen LogP) is 4.42. The summed E-state index contributed by atoms with van der Waals surface area (Å²) in [4.78, 5) is 23.2. The summed E-state index contributed by atoms with van der Waals surface area (Å²) in [5.41, 5.74) is 2.38. The van der Waals surface area contributed by atoms with Crippen molar-refractivity contribution in [3.63, 3.8) is 0 Å². The normalized spacial score (nSPS) is 10.3. The lowest BCUT2D eigenvalue weighted by Crippen LogP contribution is -2.06. The molecule has 0 saturated heterocycles. The van der Waals surface area contributed by atoms with Gasteiger partial charge in [-0.25, -0.2) is 9.59 Å². The van der Waals surface area contributed by atoms with Crippen LogP contribution in [0.25, 0.3) is 22.3 Å². The molecule has 3 aromatic rings. The van der Waals surface area contributed by atoms with Gasteiger partial charge in [-0.15, -0.1) is 0 Å². The van der Waals surface area contributed by atoms with E-state index in [1.807, 2.05) is 36.4 Å². The fourth-order valence-electron chi connectivity index (χ4n) is 2.67. The van der Waals surface area contributed by atoms with Crippen LogP contribution in [0.5, 0.6) is 0 Å². The minimum absolute atomic E-state index is 0.0294. The largest absolute Gasteiger partial charge is 0.478 e. The molecule has 0 spiro atoms. The molecule has 0 aliphatic carbocycles. The Kier molecular flexibility index (Phi) is 4.12. The van der Waals surface area contributed by atoms with E-state index in [9.17, 15) is 19.8 Å². The maximum Gasteiger partial charge on any atom is 0.336 e. The fourth-order valence-corrected chi connectivity index (χ4v) is 2.67. The fraction of sp³-hybridized carbons (Fsp3) is 0. The van der Waals surface area contributed by atoms with E-state index >= 15 is 0 Å². The van der Waals surface area contributed by atoms with Crippen LogP contribution >= 0.6 is 0 Å². The van der Waals surface area contributed by atoms with Crippen molar-refractivity contribution in [1.29, 1.82) is 0 Å². The van der Waals surface area contributed by atoms with E-state index in [4.69, 9.17) is 0 Å². The van der Waals surface area contributed by atoms with Gasteiger partial charge in [0, 0.05) is 0 Å². The van der Waals surface area contributed by atoms with Crippen LogP contribution in [0.15, 0.2) is 72.8 Å². The highest BCUT2D eigenvalue weighted by molar-refractivity contribution is 6.04. The highest BCUT2D eigenvalue weighted by Gasteiger charge is 2.20. The lowest BCUT2D eigenvalue weighted by Gasteiger charge is -2.13. The molecule has 0 aliphatic heterocycles. The smallest absolute Gasteiger partial charge is 0.336 e. The maximum atomic E-state index is 11.6. The first kappa shape index (κ1) is 15.5. The Hall–Kier alpha value is -3.40. The van der Waals surface area contributed by atoms with Crippen molar-refractivity contribution in [2.45, 2.75) is 0 Å². The van der Waals surface area contributed by atoms with Gasteiger partial charge in [-0.3, -0.25) is 0 Å². The van der Waals surface area contributed by atoms with Gasteiger partial charge in [-0.2, -0.15) is 0 Å². The van der Waals surface area contributed by atoms with Gasteiger partial charge >= 0.3 is 11.9 Å². The first-order valence-electron chi connectivity index (χ1n) is 7.33. The summed E-state index contributed by atoms with van der Waals surface area (Å²) in [7, 11) is 0. The molecule has 0 heterocycles. The number of hydrogen-bond donors (Lipinski definition) is 2. The Labute approximate surface area is 138 Å². The van der Waals surface area contributed by atoms with Crippen LogP contribution in [0.1, 0.15) is 20.7 Å². The zero-order valence-electron chi connectivity index (χ0n) is 12.6. The molecule has 0 radical (unpaired) electrons. The van der Waals surface area contributed by atoms with Crippen molar-refractivity contribution in [2.24, 2.45) is 0 Å². The number of carbonyl (C=O) groups is 2. The summed E-state index contributed by atoms with van der Waals surface area (Å²) in [6.45, 7) is 0. The number of aromatic carboxylic acids is 2. The number of benzene rings is 3. The van der Waals surface area contributed by atoms with Gasteiger partial charge in [0.2, 0.25) is 0 Å². The van der Waals surface area contributed by atoms with Crippen molar-refractivity contribution in [2.75, 3.05) is 0 Å². The summed E-state index contributed by atoms with van der Waals surface area (Å²) in [5.74, 6) is -2.31. The molecule has 0 unspecified atom stereocenters. The van der Waals surface area contributed by atoms with Crippen molar-refractivity contribution < 1.29 is 19.8 Å².